The van der Waals surface area contributed by atoms with Gasteiger partial charge in [0.25, 0.3) is 5.56 Å². The molecule has 0 amide bonds. The maximum absolute atomic E-state index is 12.3. The van der Waals surface area contributed by atoms with Gasteiger partial charge < -0.3 is 5.32 Å². The van der Waals surface area contributed by atoms with Crippen molar-refractivity contribution in [2.45, 2.75) is 20.3 Å². The highest BCUT2D eigenvalue weighted by Crippen LogP contribution is 2.28. The summed E-state index contributed by atoms with van der Waals surface area (Å²) in [6.45, 7) is 3.51. The molecule has 4 rings (SSSR count). The molecule has 7 heteroatoms. The zero-order valence-corrected chi connectivity index (χ0v) is 15.6. The predicted octanol–water partition coefficient (Wildman–Crippen LogP) is 3.62. The molecule has 2 aromatic heterocycles. The first-order valence-corrected chi connectivity index (χ1v) is 8.99. The molecular formula is C21H19N5O2. The van der Waals surface area contributed by atoms with Crippen molar-refractivity contribution in [3.8, 4) is 5.69 Å². The number of ketones is 1. The van der Waals surface area contributed by atoms with Crippen LogP contribution in [0.15, 0.2) is 59.7 Å². The van der Waals surface area contributed by atoms with Crippen molar-refractivity contribution >= 4 is 28.1 Å². The average Bonchev–Trinajstić information content (AvgIpc) is 3.16. The van der Waals surface area contributed by atoms with E-state index in [9.17, 15) is 9.59 Å². The SMILES string of the molecule is CCc1cc(Nc2ccc3[nH]ncc3c2)c(C(C)=O)cc1-n1ncccc1=O. The summed E-state index contributed by atoms with van der Waals surface area (Å²) >= 11 is 0. The van der Waals surface area contributed by atoms with Gasteiger partial charge in [0.05, 0.1) is 17.4 Å². The van der Waals surface area contributed by atoms with Crippen LogP contribution in [0.2, 0.25) is 0 Å². The fraction of sp³-hybridized carbons (Fsp3) is 0.143. The van der Waals surface area contributed by atoms with E-state index in [2.05, 4.69) is 20.6 Å². The monoisotopic (exact) mass is 373 g/mol. The van der Waals surface area contributed by atoms with Gasteiger partial charge in [-0.2, -0.15) is 14.9 Å². The number of carbonyl (C=O) groups is 1. The van der Waals surface area contributed by atoms with Gasteiger partial charge in [-0.25, -0.2) is 0 Å². The molecule has 2 aromatic carbocycles. The third-order valence-corrected chi connectivity index (χ3v) is 4.64. The van der Waals surface area contributed by atoms with Crippen LogP contribution in [0.1, 0.15) is 29.8 Å². The van der Waals surface area contributed by atoms with E-state index in [-0.39, 0.29) is 11.3 Å². The molecular weight excluding hydrogens is 354 g/mol. The summed E-state index contributed by atoms with van der Waals surface area (Å²) in [5, 5.41) is 15.4. The molecule has 2 N–H and O–H groups in total. The Morgan fingerprint density at radius 2 is 2.07 bits per heavy atom. The van der Waals surface area contributed by atoms with Gasteiger partial charge in [-0.1, -0.05) is 6.92 Å². The first-order chi connectivity index (χ1) is 13.6. The Morgan fingerprint density at radius 1 is 1.21 bits per heavy atom. The van der Waals surface area contributed by atoms with Gasteiger partial charge in [0.2, 0.25) is 0 Å². The number of Topliss-reactive ketones (excluding diaryl/α,β-unsaturated/α-hetero) is 1. The second-order valence-corrected chi connectivity index (χ2v) is 6.51. The van der Waals surface area contributed by atoms with Gasteiger partial charge in [0, 0.05) is 34.6 Å². The van der Waals surface area contributed by atoms with Gasteiger partial charge >= 0.3 is 0 Å². The lowest BCUT2D eigenvalue weighted by Gasteiger charge is -2.16. The van der Waals surface area contributed by atoms with Crippen LogP contribution in [0.4, 0.5) is 11.4 Å². The Bertz CT molecular complexity index is 1240. The number of hydrogen-bond acceptors (Lipinski definition) is 5. The number of nitrogens with zero attached hydrogens (tertiary/aromatic N) is 3. The fourth-order valence-electron chi connectivity index (χ4n) is 3.22. The van der Waals surface area contributed by atoms with Crippen molar-refractivity contribution in [1.29, 1.82) is 0 Å². The lowest BCUT2D eigenvalue weighted by molar-refractivity contribution is 0.101. The van der Waals surface area contributed by atoms with Crippen LogP contribution < -0.4 is 10.9 Å². The lowest BCUT2D eigenvalue weighted by atomic mass is 10.0. The number of aromatic nitrogens is 4. The molecule has 2 heterocycles. The molecule has 0 aliphatic rings. The summed E-state index contributed by atoms with van der Waals surface area (Å²) in [6.07, 6.45) is 3.99. The van der Waals surface area contributed by atoms with Crippen LogP contribution in [-0.2, 0) is 6.42 Å². The lowest BCUT2D eigenvalue weighted by Crippen LogP contribution is -2.21. The molecule has 7 nitrogen and oxygen atoms in total. The molecule has 0 aliphatic heterocycles. The summed E-state index contributed by atoms with van der Waals surface area (Å²) in [5.41, 5.74) is 4.28. The normalized spacial score (nSPS) is 10.9. The van der Waals surface area contributed by atoms with E-state index in [1.54, 1.807) is 24.5 Å². The molecule has 0 bridgehead atoms. The van der Waals surface area contributed by atoms with Crippen LogP contribution in [0, 0.1) is 0 Å². The number of H-pyrrole nitrogens is 1. The standard InChI is InChI=1S/C21H19N5O2/c1-3-14-10-19(24-16-6-7-18-15(9-16)12-22-25-18)17(13(2)27)11-20(14)26-21(28)5-4-8-23-26/h4-12,24H,3H2,1-2H3,(H,22,25). The Morgan fingerprint density at radius 3 is 2.82 bits per heavy atom. The van der Waals surface area contributed by atoms with Gasteiger partial charge in [-0.15, -0.1) is 0 Å². The fourth-order valence-corrected chi connectivity index (χ4v) is 3.22. The molecule has 0 saturated heterocycles. The second kappa shape index (κ2) is 7.11. The van der Waals surface area contributed by atoms with Crippen molar-refractivity contribution in [2.75, 3.05) is 5.32 Å². The number of rotatable bonds is 5. The maximum Gasteiger partial charge on any atom is 0.271 e. The highest BCUT2D eigenvalue weighted by atomic mass is 16.1. The third-order valence-electron chi connectivity index (χ3n) is 4.64. The molecule has 0 fully saturated rings. The first kappa shape index (κ1) is 17.7. The zero-order chi connectivity index (χ0) is 19.7. The van der Waals surface area contributed by atoms with Crippen LogP contribution >= 0.6 is 0 Å². The van der Waals surface area contributed by atoms with Crippen molar-refractivity contribution in [1.82, 2.24) is 20.0 Å². The molecule has 0 spiro atoms. The van der Waals surface area contributed by atoms with Crippen LogP contribution in [0.5, 0.6) is 0 Å². The Kier molecular flexibility index (Phi) is 4.49. The molecule has 0 atom stereocenters. The number of carbonyl (C=O) groups excluding carboxylic acids is 1. The molecule has 140 valence electrons. The number of nitrogens with one attached hydrogen (secondary N) is 2. The minimum atomic E-state index is -0.238. The summed E-state index contributed by atoms with van der Waals surface area (Å²) in [4.78, 5) is 24.6. The number of anilines is 2. The van der Waals surface area contributed by atoms with E-state index >= 15 is 0 Å². The topological polar surface area (TPSA) is 92.7 Å². The summed E-state index contributed by atoms with van der Waals surface area (Å²) in [7, 11) is 0. The minimum Gasteiger partial charge on any atom is -0.355 e. The first-order valence-electron chi connectivity index (χ1n) is 8.99. The van der Waals surface area contributed by atoms with Crippen molar-refractivity contribution < 1.29 is 4.79 Å². The van der Waals surface area contributed by atoms with Gasteiger partial charge in [0.1, 0.15) is 0 Å². The van der Waals surface area contributed by atoms with E-state index in [1.165, 1.54) is 17.7 Å². The molecule has 0 unspecified atom stereocenters. The van der Waals surface area contributed by atoms with Crippen LogP contribution in [0.3, 0.4) is 0 Å². The van der Waals surface area contributed by atoms with Crippen LogP contribution in [0.25, 0.3) is 16.6 Å². The van der Waals surface area contributed by atoms with E-state index in [0.717, 1.165) is 22.2 Å². The highest BCUT2D eigenvalue weighted by molar-refractivity contribution is 6.01. The van der Waals surface area contributed by atoms with Gasteiger partial charge in [-0.3, -0.25) is 14.7 Å². The molecule has 0 saturated carbocycles. The Labute approximate surface area is 161 Å². The predicted molar refractivity (Wildman–Crippen MR) is 109 cm³/mol. The van der Waals surface area contributed by atoms with Gasteiger partial charge in [0.15, 0.2) is 5.78 Å². The van der Waals surface area contributed by atoms with Crippen molar-refractivity contribution in [3.05, 3.63) is 76.3 Å². The number of benzene rings is 2. The van der Waals surface area contributed by atoms with Gasteiger partial charge in [-0.05, 0) is 55.3 Å². The third kappa shape index (κ3) is 3.18. The quantitative estimate of drug-likeness (QED) is 0.521. The minimum absolute atomic E-state index is 0.0974. The van der Waals surface area contributed by atoms with Crippen molar-refractivity contribution in [3.63, 3.8) is 0 Å². The highest BCUT2D eigenvalue weighted by Gasteiger charge is 2.15. The Balaban J connectivity index is 1.84. The van der Waals surface area contributed by atoms with Crippen LogP contribution in [-0.4, -0.2) is 25.8 Å². The summed E-state index contributed by atoms with van der Waals surface area (Å²) < 4.78 is 1.33. The molecule has 28 heavy (non-hydrogen) atoms. The number of hydrogen-bond donors (Lipinski definition) is 2. The smallest absolute Gasteiger partial charge is 0.271 e. The van der Waals surface area contributed by atoms with Crippen molar-refractivity contribution in [2.24, 2.45) is 0 Å². The Hall–Kier alpha value is -3.74. The summed E-state index contributed by atoms with van der Waals surface area (Å²) in [5.74, 6) is -0.0974. The molecule has 4 aromatic rings. The number of aromatic amines is 1. The largest absolute Gasteiger partial charge is 0.355 e. The number of aryl methyl sites for hydroxylation is 1. The van der Waals surface area contributed by atoms with E-state index in [4.69, 9.17) is 0 Å². The average molecular weight is 373 g/mol. The second-order valence-electron chi connectivity index (χ2n) is 6.51. The van der Waals surface area contributed by atoms with E-state index in [1.807, 2.05) is 31.2 Å². The molecule has 0 radical (unpaired) electrons. The zero-order valence-electron chi connectivity index (χ0n) is 15.6. The van der Waals surface area contributed by atoms with E-state index in [0.29, 0.717) is 23.4 Å². The molecule has 0 aliphatic carbocycles. The number of fused-ring (bicyclic) bond motifs is 1. The maximum atomic E-state index is 12.3. The summed E-state index contributed by atoms with van der Waals surface area (Å²) in [6, 6.07) is 12.5. The van der Waals surface area contributed by atoms with E-state index < -0.39 is 0 Å².